The maximum Gasteiger partial charge on any atom is 0.416 e. The van der Waals surface area contributed by atoms with Gasteiger partial charge in [-0.25, -0.2) is 9.69 Å². The van der Waals surface area contributed by atoms with Gasteiger partial charge in [0.25, 0.3) is 0 Å². The van der Waals surface area contributed by atoms with Gasteiger partial charge < -0.3 is 9.84 Å². The van der Waals surface area contributed by atoms with Crippen LogP contribution in [0.4, 0.5) is 18.0 Å². The van der Waals surface area contributed by atoms with Crippen LogP contribution in [-0.4, -0.2) is 59.4 Å². The summed E-state index contributed by atoms with van der Waals surface area (Å²) in [5.74, 6) is -2.57. The molecule has 0 radical (unpaired) electrons. The first-order valence-corrected chi connectivity index (χ1v) is 7.73. The maximum atomic E-state index is 13.0. The normalized spacial score (nSPS) is 18.5. The molecule has 26 heavy (non-hydrogen) atoms. The molecule has 1 unspecified atom stereocenters. The Morgan fingerprint density at radius 3 is 2.54 bits per heavy atom. The second kappa shape index (κ2) is 8.17. The number of benzene rings is 1. The minimum Gasteiger partial charge on any atom is -0.480 e. The molecule has 0 bridgehead atoms. The zero-order valence-electron chi connectivity index (χ0n) is 13.5. The lowest BCUT2D eigenvalue weighted by Crippen LogP contribution is -2.49. The lowest BCUT2D eigenvalue weighted by Gasteiger charge is -2.24. The van der Waals surface area contributed by atoms with Gasteiger partial charge in [0.15, 0.2) is 0 Å². The molecule has 1 aliphatic rings. The van der Waals surface area contributed by atoms with Crippen LogP contribution in [0, 0.1) is 0 Å². The van der Waals surface area contributed by atoms with E-state index in [1.807, 2.05) is 0 Å². The minimum atomic E-state index is -4.84. The molecule has 1 heterocycles. The van der Waals surface area contributed by atoms with E-state index in [9.17, 15) is 27.6 Å². The van der Waals surface area contributed by atoms with Crippen molar-refractivity contribution in [3.05, 3.63) is 35.9 Å². The first-order valence-electron chi connectivity index (χ1n) is 7.73. The van der Waals surface area contributed by atoms with Crippen LogP contribution < -0.4 is 5.32 Å². The summed E-state index contributed by atoms with van der Waals surface area (Å²) < 4.78 is 43.9. The molecule has 10 heteroatoms. The Morgan fingerprint density at radius 1 is 1.31 bits per heavy atom. The molecule has 2 N–H and O–H groups in total. The Balaban J connectivity index is 2.08. The summed E-state index contributed by atoms with van der Waals surface area (Å²) in [4.78, 5) is 35.3. The highest BCUT2D eigenvalue weighted by atomic mass is 19.4. The number of nitrogens with zero attached hydrogens (tertiary/aromatic N) is 1. The molecule has 1 aromatic rings. The van der Waals surface area contributed by atoms with E-state index in [1.54, 1.807) is 35.6 Å². The smallest absolute Gasteiger partial charge is 0.416 e. The number of cyclic esters (lactones) is 1. The standard InChI is InChI=1S/C16H17F3N2O5/c17-16(18,19)12(20-8-14(23)24)7-13(22)21-11(9-26-15(21)25)6-10-4-2-1-3-5-10/h1-5,11-12,20H,6-9H2,(H,23,24)/t11-,12?/m0/s1. The highest BCUT2D eigenvalue weighted by Crippen LogP contribution is 2.25. The molecule has 1 saturated heterocycles. The van der Waals surface area contributed by atoms with Gasteiger partial charge >= 0.3 is 18.2 Å². The summed E-state index contributed by atoms with van der Waals surface area (Å²) in [6, 6.07) is 5.73. The predicted molar refractivity (Wildman–Crippen MR) is 82.2 cm³/mol. The number of halogens is 3. The van der Waals surface area contributed by atoms with Gasteiger partial charge in [0, 0.05) is 0 Å². The largest absolute Gasteiger partial charge is 0.480 e. The van der Waals surface area contributed by atoms with Gasteiger partial charge in [-0.3, -0.25) is 14.9 Å². The number of hydrogen-bond donors (Lipinski definition) is 2. The highest BCUT2D eigenvalue weighted by molar-refractivity contribution is 5.94. The van der Waals surface area contributed by atoms with Crippen molar-refractivity contribution in [2.75, 3.05) is 13.2 Å². The first kappa shape index (κ1) is 19.7. The van der Waals surface area contributed by atoms with Gasteiger partial charge in [0.05, 0.1) is 19.0 Å². The molecule has 2 amide bonds. The molecule has 0 aromatic heterocycles. The summed E-state index contributed by atoms with van der Waals surface area (Å²) >= 11 is 0. The lowest BCUT2D eigenvalue weighted by molar-refractivity contribution is -0.165. The average molecular weight is 374 g/mol. The van der Waals surface area contributed by atoms with E-state index < -0.39 is 49.2 Å². The summed E-state index contributed by atoms with van der Waals surface area (Å²) in [6.45, 7) is -1.08. The Bertz CT molecular complexity index is 666. The number of ether oxygens (including phenoxy) is 1. The van der Waals surface area contributed by atoms with Crippen molar-refractivity contribution in [3.8, 4) is 0 Å². The fraction of sp³-hybridized carbons (Fsp3) is 0.438. The van der Waals surface area contributed by atoms with Crippen molar-refractivity contribution < 1.29 is 37.4 Å². The third kappa shape index (κ3) is 5.19. The van der Waals surface area contributed by atoms with Crippen molar-refractivity contribution in [1.29, 1.82) is 0 Å². The van der Waals surface area contributed by atoms with E-state index in [-0.39, 0.29) is 13.0 Å². The van der Waals surface area contributed by atoms with Crippen molar-refractivity contribution in [2.24, 2.45) is 0 Å². The second-order valence-electron chi connectivity index (χ2n) is 5.76. The van der Waals surface area contributed by atoms with E-state index in [1.165, 1.54) is 0 Å². The van der Waals surface area contributed by atoms with E-state index in [2.05, 4.69) is 0 Å². The number of carboxylic acids is 1. The van der Waals surface area contributed by atoms with Crippen molar-refractivity contribution in [1.82, 2.24) is 10.2 Å². The van der Waals surface area contributed by atoms with Crippen LogP contribution in [0.1, 0.15) is 12.0 Å². The van der Waals surface area contributed by atoms with Crippen molar-refractivity contribution in [3.63, 3.8) is 0 Å². The third-order valence-electron chi connectivity index (χ3n) is 3.82. The SMILES string of the molecule is O=C(O)CNC(CC(=O)N1C(=O)OC[C@@H]1Cc1ccccc1)C(F)(F)F. The predicted octanol–water partition coefficient (Wildman–Crippen LogP) is 1.57. The Morgan fingerprint density at radius 2 is 1.96 bits per heavy atom. The van der Waals surface area contributed by atoms with Crippen LogP contribution in [0.2, 0.25) is 0 Å². The van der Waals surface area contributed by atoms with Gasteiger partial charge in [-0.2, -0.15) is 13.2 Å². The first-order chi connectivity index (χ1) is 12.2. The molecule has 0 spiro atoms. The van der Waals surface area contributed by atoms with Crippen molar-refractivity contribution >= 4 is 18.0 Å². The molecule has 2 atom stereocenters. The number of imide groups is 1. The molecule has 0 aliphatic carbocycles. The zero-order valence-corrected chi connectivity index (χ0v) is 13.5. The molecule has 142 valence electrons. The second-order valence-corrected chi connectivity index (χ2v) is 5.76. The van der Waals surface area contributed by atoms with Crippen LogP contribution in [0.25, 0.3) is 0 Å². The quantitative estimate of drug-likeness (QED) is 0.752. The molecule has 1 aliphatic heterocycles. The van der Waals surface area contributed by atoms with Crippen molar-refractivity contribution in [2.45, 2.75) is 31.1 Å². The monoisotopic (exact) mass is 374 g/mol. The highest BCUT2D eigenvalue weighted by Gasteiger charge is 2.45. The summed E-state index contributed by atoms with van der Waals surface area (Å²) in [5, 5.41) is 10.3. The Kier molecular flexibility index (Phi) is 6.19. The maximum absolute atomic E-state index is 13.0. The summed E-state index contributed by atoms with van der Waals surface area (Å²) in [6.07, 6.45) is -6.70. The average Bonchev–Trinajstić information content (AvgIpc) is 2.91. The number of nitrogens with one attached hydrogen (secondary N) is 1. The van der Waals surface area contributed by atoms with Gasteiger partial charge in [0.1, 0.15) is 12.6 Å². The zero-order chi connectivity index (χ0) is 19.3. The van der Waals surface area contributed by atoms with Crippen LogP contribution >= 0.6 is 0 Å². The Hall–Kier alpha value is -2.62. The molecule has 1 aromatic carbocycles. The number of alkyl halides is 3. The van der Waals surface area contributed by atoms with Crippen LogP contribution in [0.15, 0.2) is 30.3 Å². The molecule has 1 fully saturated rings. The molecule has 0 saturated carbocycles. The number of carbonyl (C=O) groups is 3. The number of rotatable bonds is 7. The summed E-state index contributed by atoms with van der Waals surface area (Å²) in [5.41, 5.74) is 0.796. The van der Waals surface area contributed by atoms with E-state index in [0.29, 0.717) is 4.90 Å². The van der Waals surface area contributed by atoms with Gasteiger partial charge in [-0.05, 0) is 12.0 Å². The minimum absolute atomic E-state index is 0.112. The lowest BCUT2D eigenvalue weighted by atomic mass is 10.0. The van der Waals surface area contributed by atoms with Crippen LogP contribution in [0.5, 0.6) is 0 Å². The third-order valence-corrected chi connectivity index (χ3v) is 3.82. The number of carboxylic acid groups (broad SMARTS) is 1. The Labute approximate surface area is 146 Å². The number of amides is 2. The topological polar surface area (TPSA) is 95.9 Å². The van der Waals surface area contributed by atoms with E-state index >= 15 is 0 Å². The number of hydrogen-bond acceptors (Lipinski definition) is 5. The number of carbonyl (C=O) groups excluding carboxylic acids is 2. The van der Waals surface area contributed by atoms with E-state index in [4.69, 9.17) is 9.84 Å². The summed E-state index contributed by atoms with van der Waals surface area (Å²) in [7, 11) is 0. The fourth-order valence-corrected chi connectivity index (χ4v) is 2.59. The van der Waals surface area contributed by atoms with Crippen LogP contribution in [-0.2, 0) is 20.7 Å². The fourth-order valence-electron chi connectivity index (χ4n) is 2.59. The molecular weight excluding hydrogens is 357 g/mol. The molecule has 7 nitrogen and oxygen atoms in total. The van der Waals surface area contributed by atoms with Crippen LogP contribution in [0.3, 0.4) is 0 Å². The van der Waals surface area contributed by atoms with Gasteiger partial charge in [0.2, 0.25) is 5.91 Å². The van der Waals surface area contributed by atoms with Gasteiger partial charge in [-0.1, -0.05) is 30.3 Å². The molecule has 2 rings (SSSR count). The molecular formula is C16H17F3N2O5. The number of aliphatic carboxylic acids is 1. The van der Waals surface area contributed by atoms with E-state index in [0.717, 1.165) is 5.56 Å². The van der Waals surface area contributed by atoms with Gasteiger partial charge in [-0.15, -0.1) is 0 Å².